The van der Waals surface area contributed by atoms with Crippen molar-refractivity contribution in [3.8, 4) is 0 Å². The molecule has 0 aliphatic rings. The zero-order valence-corrected chi connectivity index (χ0v) is 34.0. The third-order valence-electron chi connectivity index (χ3n) is 12.2. The number of hydrogen-bond donors (Lipinski definition) is 0. The quantitative estimate of drug-likeness (QED) is 0.0510. The summed E-state index contributed by atoms with van der Waals surface area (Å²) in [5.41, 5.74) is 7.05. The van der Waals surface area contributed by atoms with Gasteiger partial charge in [-0.1, -0.05) is 142 Å². The molecule has 0 spiro atoms. The zero-order valence-electron chi connectivity index (χ0n) is 33.2. The van der Waals surface area contributed by atoms with E-state index in [2.05, 4.69) is 62.4 Å². The number of rotatable bonds is 22. The third kappa shape index (κ3) is 7.58. The Hall–Kier alpha value is -4.10. The number of imidazole rings is 2. The molecular formula is C48H58N4O2S. The lowest BCUT2D eigenvalue weighted by Gasteiger charge is -2.06. The molecular weight excluding hydrogens is 697 g/mol. The standard InChI is InChI=1S/C48H58N4O2S/c1-3-5-7-9-11-13-15-17-19-21-23-33-25-29-37-39(31-33)51-45(49-37)35-27-28-36-42-41(35)43(47(51)53)55-44(42)48(54)52-40-32-34(26-30-38(40)50-46(36)52)24-22-20-18-16-14-12-10-8-6-4-2/h25-32H,3-24H2,1-2H3. The molecule has 8 rings (SSSR count). The molecule has 5 heterocycles. The highest BCUT2D eigenvalue weighted by atomic mass is 32.1. The zero-order chi connectivity index (χ0) is 37.7. The van der Waals surface area contributed by atoms with Crippen LogP contribution in [-0.2, 0) is 12.8 Å². The van der Waals surface area contributed by atoms with Crippen LogP contribution in [0.2, 0.25) is 0 Å². The smallest absolute Gasteiger partial charge is 0.267 e. The van der Waals surface area contributed by atoms with Crippen molar-refractivity contribution in [1.29, 1.82) is 0 Å². The highest BCUT2D eigenvalue weighted by molar-refractivity contribution is 7.26. The first-order chi connectivity index (χ1) is 27.1. The highest BCUT2D eigenvalue weighted by Crippen LogP contribution is 2.41. The maximum atomic E-state index is 14.4. The normalized spacial score (nSPS) is 12.5. The second-order valence-electron chi connectivity index (χ2n) is 16.3. The number of thiophene rings is 1. The van der Waals surface area contributed by atoms with E-state index in [1.165, 1.54) is 138 Å². The number of hydrogen-bond acceptors (Lipinski definition) is 5. The summed E-state index contributed by atoms with van der Waals surface area (Å²) in [6.07, 6.45) is 28.4. The molecule has 0 amide bonds. The van der Waals surface area contributed by atoms with E-state index in [1.54, 1.807) is 8.80 Å². The van der Waals surface area contributed by atoms with Gasteiger partial charge in [-0.2, -0.15) is 0 Å². The van der Waals surface area contributed by atoms with Crippen LogP contribution in [0.3, 0.4) is 0 Å². The van der Waals surface area contributed by atoms with Gasteiger partial charge in [0.2, 0.25) is 0 Å². The lowest BCUT2D eigenvalue weighted by molar-refractivity contribution is 0.556. The predicted molar refractivity (Wildman–Crippen MR) is 235 cm³/mol. The predicted octanol–water partition coefficient (Wildman–Crippen LogP) is 13.3. The van der Waals surface area contributed by atoms with Gasteiger partial charge in [0.15, 0.2) is 0 Å². The van der Waals surface area contributed by atoms with Crippen molar-refractivity contribution in [2.24, 2.45) is 0 Å². The molecule has 0 saturated carbocycles. The Labute approximate surface area is 328 Å². The molecule has 288 valence electrons. The lowest BCUT2D eigenvalue weighted by Crippen LogP contribution is -2.12. The van der Waals surface area contributed by atoms with Crippen molar-refractivity contribution in [1.82, 2.24) is 18.8 Å². The van der Waals surface area contributed by atoms with E-state index in [4.69, 9.17) is 9.97 Å². The molecule has 0 N–H and O–H groups in total. The molecule has 0 saturated heterocycles. The molecule has 0 aliphatic carbocycles. The average Bonchev–Trinajstić information content (AvgIpc) is 3.91. The third-order valence-corrected chi connectivity index (χ3v) is 13.4. The van der Waals surface area contributed by atoms with Crippen LogP contribution in [-0.4, -0.2) is 18.8 Å². The first kappa shape index (κ1) is 37.8. The second-order valence-corrected chi connectivity index (χ2v) is 17.4. The topological polar surface area (TPSA) is 68.7 Å². The minimum absolute atomic E-state index is 0.0875. The molecule has 3 aromatic carbocycles. The summed E-state index contributed by atoms with van der Waals surface area (Å²) in [6, 6.07) is 17.0. The molecule has 55 heavy (non-hydrogen) atoms. The van der Waals surface area contributed by atoms with Crippen molar-refractivity contribution in [2.45, 2.75) is 155 Å². The van der Waals surface area contributed by atoms with E-state index in [0.29, 0.717) is 20.7 Å². The monoisotopic (exact) mass is 754 g/mol. The van der Waals surface area contributed by atoms with Gasteiger partial charge < -0.3 is 0 Å². The van der Waals surface area contributed by atoms with E-state index in [1.807, 2.05) is 0 Å². The van der Waals surface area contributed by atoms with Crippen molar-refractivity contribution < 1.29 is 0 Å². The molecule has 5 aromatic heterocycles. The summed E-state index contributed by atoms with van der Waals surface area (Å²) in [6.45, 7) is 4.55. The molecule has 0 bridgehead atoms. The number of unbranched alkanes of at least 4 members (excludes halogenated alkanes) is 18. The van der Waals surface area contributed by atoms with Crippen LogP contribution in [0.1, 0.15) is 153 Å². The fourth-order valence-electron chi connectivity index (χ4n) is 9.11. The summed E-state index contributed by atoms with van der Waals surface area (Å²) in [5.74, 6) is 0. The number of pyridine rings is 2. The summed E-state index contributed by atoms with van der Waals surface area (Å²) in [4.78, 5) is 38.8. The van der Waals surface area contributed by atoms with Gasteiger partial charge in [-0.15, -0.1) is 11.3 Å². The molecule has 0 radical (unpaired) electrons. The van der Waals surface area contributed by atoms with Crippen molar-refractivity contribution in [2.75, 3.05) is 0 Å². The number of nitrogens with zero attached hydrogens (tertiary/aromatic N) is 4. The van der Waals surface area contributed by atoms with Gasteiger partial charge in [0.1, 0.15) is 20.7 Å². The summed E-state index contributed by atoms with van der Waals surface area (Å²) < 4.78 is 4.84. The molecule has 0 aliphatic heterocycles. The van der Waals surface area contributed by atoms with Crippen molar-refractivity contribution >= 4 is 75.6 Å². The molecule has 7 heteroatoms. The Morgan fingerprint density at radius 3 is 1.22 bits per heavy atom. The van der Waals surface area contributed by atoms with E-state index in [-0.39, 0.29) is 11.1 Å². The minimum Gasteiger partial charge on any atom is -0.267 e. The molecule has 0 fully saturated rings. The summed E-state index contributed by atoms with van der Waals surface area (Å²) in [5, 5.41) is 3.53. The van der Waals surface area contributed by atoms with Crippen LogP contribution in [0, 0.1) is 0 Å². The Morgan fingerprint density at radius 2 is 0.836 bits per heavy atom. The molecule has 8 aromatic rings. The SMILES string of the molecule is CCCCCCCCCCCCc1ccc2nc3c4ccc5c6c(sc(c(=O)n3c2c1)c46)c(=O)n1c2cc(CCCCCCCCCCCC)ccc2nc51. The van der Waals surface area contributed by atoms with E-state index < -0.39 is 0 Å². The molecule has 0 unspecified atom stereocenters. The Balaban J connectivity index is 1.03. The van der Waals surface area contributed by atoms with Gasteiger partial charge >= 0.3 is 0 Å². The van der Waals surface area contributed by atoms with Gasteiger partial charge in [0.25, 0.3) is 11.1 Å². The summed E-state index contributed by atoms with van der Waals surface area (Å²) >= 11 is 1.34. The first-order valence-corrected chi connectivity index (χ1v) is 22.6. The van der Waals surface area contributed by atoms with Crippen LogP contribution in [0.5, 0.6) is 0 Å². The fraction of sp³-hybridized carbons (Fsp3) is 0.500. The number of aromatic nitrogens is 4. The minimum atomic E-state index is -0.0875. The van der Waals surface area contributed by atoms with Crippen LogP contribution >= 0.6 is 11.3 Å². The van der Waals surface area contributed by atoms with Crippen LogP contribution in [0.15, 0.2) is 58.1 Å². The van der Waals surface area contributed by atoms with Crippen molar-refractivity contribution in [3.63, 3.8) is 0 Å². The van der Waals surface area contributed by atoms with E-state index in [9.17, 15) is 9.59 Å². The number of benzene rings is 3. The van der Waals surface area contributed by atoms with E-state index >= 15 is 0 Å². The van der Waals surface area contributed by atoms with Gasteiger partial charge in [-0.3, -0.25) is 18.4 Å². The Morgan fingerprint density at radius 1 is 0.473 bits per heavy atom. The van der Waals surface area contributed by atoms with Crippen LogP contribution in [0.25, 0.3) is 64.3 Å². The van der Waals surface area contributed by atoms with Gasteiger partial charge in [-0.25, -0.2) is 9.97 Å². The average molecular weight is 755 g/mol. The van der Waals surface area contributed by atoms with Gasteiger partial charge in [0.05, 0.1) is 22.1 Å². The Bertz CT molecular complexity index is 2470. The fourth-order valence-corrected chi connectivity index (χ4v) is 10.3. The number of aryl methyl sites for hydroxylation is 2. The molecule has 0 atom stereocenters. The molecule has 6 nitrogen and oxygen atoms in total. The maximum Gasteiger partial charge on any atom is 0.274 e. The summed E-state index contributed by atoms with van der Waals surface area (Å²) in [7, 11) is 0. The Kier molecular flexibility index (Phi) is 11.9. The lowest BCUT2D eigenvalue weighted by atomic mass is 10.0. The van der Waals surface area contributed by atoms with Gasteiger partial charge in [0, 0.05) is 21.5 Å². The maximum absolute atomic E-state index is 14.4. The second kappa shape index (κ2) is 17.4. The highest BCUT2D eigenvalue weighted by Gasteiger charge is 2.25. The van der Waals surface area contributed by atoms with Crippen LogP contribution < -0.4 is 11.1 Å². The van der Waals surface area contributed by atoms with Crippen molar-refractivity contribution in [3.05, 3.63) is 80.4 Å². The van der Waals surface area contributed by atoms with Crippen LogP contribution in [0.4, 0.5) is 0 Å². The van der Waals surface area contributed by atoms with Gasteiger partial charge in [-0.05, 0) is 73.2 Å². The largest absolute Gasteiger partial charge is 0.274 e. The van der Waals surface area contributed by atoms with E-state index in [0.717, 1.165) is 69.3 Å². The first-order valence-electron chi connectivity index (χ1n) is 21.8. The number of fused-ring (bicyclic) bond motifs is 8.